The highest BCUT2D eigenvalue weighted by molar-refractivity contribution is 5.49. The first-order chi connectivity index (χ1) is 8.58. The Morgan fingerprint density at radius 2 is 1.21 bits per heavy atom. The van der Waals surface area contributed by atoms with Crippen LogP contribution in [-0.2, 0) is 5.11 Å². The van der Waals surface area contributed by atoms with Crippen LogP contribution in [-0.4, -0.2) is 13.2 Å². The van der Waals surface area contributed by atoms with Crippen LogP contribution in [0, 0.1) is 10.8 Å². The molecule has 0 saturated heterocycles. The number of ether oxygens (including phenoxy) is 2. The van der Waals surface area contributed by atoms with Crippen molar-refractivity contribution in [3.05, 3.63) is 18.2 Å². The molecule has 107 valence electrons. The van der Waals surface area contributed by atoms with E-state index in [1.54, 1.807) is 18.2 Å². The Bertz CT molecular complexity index is 375. The lowest BCUT2D eigenvalue weighted by atomic mass is 9.98. The average Bonchev–Trinajstić information content (AvgIpc) is 2.23. The third-order valence-corrected chi connectivity index (χ3v) is 2.26. The predicted octanol–water partition coefficient (Wildman–Crippen LogP) is 4.68. The van der Waals surface area contributed by atoms with E-state index in [2.05, 4.69) is 41.5 Å². The van der Waals surface area contributed by atoms with E-state index in [9.17, 15) is 5.11 Å². The fourth-order valence-corrected chi connectivity index (χ4v) is 1.31. The van der Waals surface area contributed by atoms with Gasteiger partial charge in [-0.25, -0.2) is 0 Å². The molecule has 0 atom stereocenters. The maximum atomic E-state index is 12.2. The van der Waals surface area contributed by atoms with Crippen LogP contribution in [0.1, 0.15) is 41.5 Å². The molecule has 0 bridgehead atoms. The average molecular weight is 265 g/mol. The van der Waals surface area contributed by atoms with Gasteiger partial charge in [0.2, 0.25) is 0 Å². The highest BCUT2D eigenvalue weighted by atomic mass is 16.5. The number of benzene rings is 1. The molecular formula is C16H25O3. The molecule has 1 aromatic carbocycles. The predicted molar refractivity (Wildman–Crippen MR) is 76.5 cm³/mol. The summed E-state index contributed by atoms with van der Waals surface area (Å²) in [5.74, 6) is 0.554. The highest BCUT2D eigenvalue weighted by Crippen LogP contribution is 2.37. The second kappa shape index (κ2) is 5.72. The zero-order valence-electron chi connectivity index (χ0n) is 12.9. The lowest BCUT2D eigenvalue weighted by Gasteiger charge is -2.21. The standard InChI is InChI=1S/C16H25O3/c1-15(2,3)10-18-12-8-7-9-13(14(12)17)19-11-16(4,5)6/h7-9H,10-11H2,1-6H3. The van der Waals surface area contributed by atoms with Crippen LogP contribution in [0.2, 0.25) is 0 Å². The van der Waals surface area contributed by atoms with Crippen molar-refractivity contribution in [1.82, 2.24) is 0 Å². The second-order valence-electron chi connectivity index (χ2n) is 7.28. The first-order valence-corrected chi connectivity index (χ1v) is 6.64. The van der Waals surface area contributed by atoms with Gasteiger partial charge in [-0.05, 0) is 23.0 Å². The summed E-state index contributed by atoms with van der Waals surface area (Å²) >= 11 is 0. The van der Waals surface area contributed by atoms with Gasteiger partial charge in [-0.2, -0.15) is 0 Å². The van der Waals surface area contributed by atoms with Gasteiger partial charge in [0.25, 0.3) is 5.75 Å². The normalized spacial score (nSPS) is 12.3. The van der Waals surface area contributed by atoms with Crippen molar-refractivity contribution >= 4 is 0 Å². The van der Waals surface area contributed by atoms with Crippen LogP contribution in [0.5, 0.6) is 17.2 Å². The quantitative estimate of drug-likeness (QED) is 0.792. The molecule has 0 aromatic heterocycles. The van der Waals surface area contributed by atoms with Crippen LogP contribution >= 0.6 is 0 Å². The summed E-state index contributed by atoms with van der Waals surface area (Å²) in [5.41, 5.74) is 0.0451. The van der Waals surface area contributed by atoms with Gasteiger partial charge >= 0.3 is 0 Å². The SMILES string of the molecule is CC(C)(C)COc1cccc(OCC(C)(C)C)c1[O]. The third-order valence-electron chi connectivity index (χ3n) is 2.26. The molecule has 0 unspecified atom stereocenters. The molecule has 0 aliphatic carbocycles. The molecule has 0 aliphatic heterocycles. The van der Waals surface area contributed by atoms with Crippen molar-refractivity contribution in [2.45, 2.75) is 41.5 Å². The summed E-state index contributed by atoms with van der Waals surface area (Å²) < 4.78 is 11.2. The Morgan fingerprint density at radius 1 is 0.842 bits per heavy atom. The lowest BCUT2D eigenvalue weighted by molar-refractivity contribution is 0.170. The minimum absolute atomic E-state index is 0.0225. The van der Waals surface area contributed by atoms with Gasteiger partial charge in [-0.1, -0.05) is 47.6 Å². The lowest BCUT2D eigenvalue weighted by Crippen LogP contribution is -2.18. The van der Waals surface area contributed by atoms with Crippen molar-refractivity contribution < 1.29 is 14.6 Å². The Kier molecular flexibility index (Phi) is 4.72. The smallest absolute Gasteiger partial charge is 0.261 e. The molecule has 3 nitrogen and oxygen atoms in total. The fourth-order valence-electron chi connectivity index (χ4n) is 1.31. The van der Waals surface area contributed by atoms with Gasteiger partial charge < -0.3 is 9.47 Å². The van der Waals surface area contributed by atoms with E-state index in [4.69, 9.17) is 9.47 Å². The van der Waals surface area contributed by atoms with E-state index in [0.29, 0.717) is 24.7 Å². The van der Waals surface area contributed by atoms with Crippen LogP contribution in [0.4, 0.5) is 0 Å². The Labute approximate surface area is 116 Å². The maximum Gasteiger partial charge on any atom is 0.261 e. The third kappa shape index (κ3) is 5.86. The van der Waals surface area contributed by atoms with Gasteiger partial charge in [-0.15, -0.1) is 0 Å². The van der Waals surface area contributed by atoms with E-state index in [1.807, 2.05) is 0 Å². The number of hydrogen-bond acceptors (Lipinski definition) is 2. The fraction of sp³-hybridized carbons (Fsp3) is 0.625. The van der Waals surface area contributed by atoms with Crippen molar-refractivity contribution in [2.24, 2.45) is 10.8 Å². The topological polar surface area (TPSA) is 38.4 Å². The zero-order chi connectivity index (χ0) is 14.7. The number of rotatable bonds is 4. The van der Waals surface area contributed by atoms with E-state index in [0.717, 1.165) is 0 Å². The first kappa shape index (κ1) is 15.7. The highest BCUT2D eigenvalue weighted by Gasteiger charge is 2.18. The van der Waals surface area contributed by atoms with Crippen molar-refractivity contribution in [3.63, 3.8) is 0 Å². The molecule has 0 spiro atoms. The summed E-state index contributed by atoms with van der Waals surface area (Å²) in [6.45, 7) is 13.4. The summed E-state index contributed by atoms with van der Waals surface area (Å²) in [6, 6.07) is 5.17. The van der Waals surface area contributed by atoms with Gasteiger partial charge in [0.1, 0.15) is 0 Å². The largest absolute Gasteiger partial charge is 0.489 e. The summed E-state index contributed by atoms with van der Waals surface area (Å²) in [5, 5.41) is 12.2. The molecule has 0 aliphatic rings. The summed E-state index contributed by atoms with van der Waals surface area (Å²) in [7, 11) is 0. The molecule has 0 saturated carbocycles. The van der Waals surface area contributed by atoms with E-state index >= 15 is 0 Å². The first-order valence-electron chi connectivity index (χ1n) is 6.64. The van der Waals surface area contributed by atoms with Crippen LogP contribution < -0.4 is 9.47 Å². The Balaban J connectivity index is 2.75. The number of para-hydroxylation sites is 1. The monoisotopic (exact) mass is 265 g/mol. The van der Waals surface area contributed by atoms with Crippen LogP contribution in [0.15, 0.2) is 18.2 Å². The van der Waals surface area contributed by atoms with Gasteiger partial charge in [0, 0.05) is 0 Å². The molecule has 1 radical (unpaired) electrons. The minimum Gasteiger partial charge on any atom is -0.489 e. The maximum absolute atomic E-state index is 12.2. The van der Waals surface area contributed by atoms with Gasteiger partial charge in [-0.3, -0.25) is 5.11 Å². The molecule has 1 aromatic rings. The Hall–Kier alpha value is -1.38. The van der Waals surface area contributed by atoms with E-state index < -0.39 is 0 Å². The molecule has 19 heavy (non-hydrogen) atoms. The Morgan fingerprint density at radius 3 is 1.53 bits per heavy atom. The molecule has 1 rings (SSSR count). The van der Waals surface area contributed by atoms with Gasteiger partial charge in [0.15, 0.2) is 11.5 Å². The molecule has 0 fully saturated rings. The van der Waals surface area contributed by atoms with Crippen molar-refractivity contribution in [1.29, 1.82) is 0 Å². The van der Waals surface area contributed by atoms with Gasteiger partial charge in [0.05, 0.1) is 13.2 Å². The molecule has 0 amide bonds. The van der Waals surface area contributed by atoms with Crippen molar-refractivity contribution in [3.8, 4) is 17.2 Å². The van der Waals surface area contributed by atoms with E-state index in [-0.39, 0.29) is 16.6 Å². The van der Waals surface area contributed by atoms with Crippen LogP contribution in [0.25, 0.3) is 0 Å². The number of hydrogen-bond donors (Lipinski definition) is 0. The molecular weight excluding hydrogens is 240 g/mol. The summed E-state index contributed by atoms with van der Waals surface area (Å²) in [6.07, 6.45) is 0. The van der Waals surface area contributed by atoms with E-state index in [1.165, 1.54) is 0 Å². The zero-order valence-corrected chi connectivity index (χ0v) is 12.9. The summed E-state index contributed by atoms with van der Waals surface area (Å²) in [4.78, 5) is 0. The van der Waals surface area contributed by atoms with Crippen molar-refractivity contribution in [2.75, 3.05) is 13.2 Å². The minimum atomic E-state index is -0.170. The molecule has 0 N–H and O–H groups in total. The molecule has 3 heteroatoms. The van der Waals surface area contributed by atoms with Crippen LogP contribution in [0.3, 0.4) is 0 Å². The molecule has 0 heterocycles. The second-order valence-corrected chi connectivity index (χ2v) is 7.28.